The third kappa shape index (κ3) is 6.78. The molecule has 0 unspecified atom stereocenters. The van der Waals surface area contributed by atoms with E-state index in [4.69, 9.17) is 0 Å². The van der Waals surface area contributed by atoms with Gasteiger partial charge in [0.05, 0.1) is 0 Å². The van der Waals surface area contributed by atoms with Gasteiger partial charge in [-0.2, -0.15) is 0 Å². The Balaban J connectivity index is 0.818. The number of hydrogen-bond acceptors (Lipinski definition) is 0. The van der Waals surface area contributed by atoms with Crippen LogP contribution in [0.5, 0.6) is 0 Å². The summed E-state index contributed by atoms with van der Waals surface area (Å²) in [7, 11) is 0. The maximum Gasteiger partial charge on any atom is 0.0491 e. The number of aromatic nitrogens is 2. The number of rotatable bonds is 8. The first-order valence-corrected chi connectivity index (χ1v) is 24.8. The normalized spacial score (nSPS) is 11.8. The van der Waals surface area contributed by atoms with Gasteiger partial charge in [0.2, 0.25) is 0 Å². The van der Waals surface area contributed by atoms with Gasteiger partial charge >= 0.3 is 0 Å². The largest absolute Gasteiger partial charge is 0.341 e. The van der Waals surface area contributed by atoms with Gasteiger partial charge in [-0.3, -0.25) is 0 Å². The monoisotopic (exact) mass is 896 g/mol. The highest BCUT2D eigenvalue weighted by molar-refractivity contribution is 6.22. The molecule has 2 heterocycles. The van der Waals surface area contributed by atoms with Crippen molar-refractivity contribution in [3.63, 3.8) is 0 Å². The van der Waals surface area contributed by atoms with Crippen molar-refractivity contribution in [2.75, 3.05) is 0 Å². The smallest absolute Gasteiger partial charge is 0.0491 e. The average Bonchev–Trinajstić information content (AvgIpc) is 3.91. The SMILES string of the molecule is CCn1c2ccccc2c2cc(-c3ccc(-c4ccc(-c5c6ccc(C)cc6c(-c6ccc(-c7ccc(-c8ccc9c(c8)c8ccccc8n9CC)cc7)cc6)c6ccc(C)cc56)cc4)cc3)ccc21. The van der Waals surface area contributed by atoms with Crippen molar-refractivity contribution in [1.82, 2.24) is 9.13 Å². The standard InChI is InChI=1S/C68H52N2/c1-5-69-63-13-9-7-11-55(63)59-41-53(33-37-65(59)69)49-21-17-45(18-22-49)47-25-29-51(30-26-47)67-57-35-15-44(4)40-62(57)68(58-36-16-43(3)39-61(58)67)52-31-27-48(28-32-52)46-19-23-50(24-20-46)54-34-38-66-60(42-54)56-12-8-10-14-64(56)70(66)6-2/h7-42H,5-6H2,1-4H3. The van der Waals surface area contributed by atoms with Crippen molar-refractivity contribution in [2.45, 2.75) is 40.8 Å². The van der Waals surface area contributed by atoms with Gasteiger partial charge < -0.3 is 9.13 Å². The van der Waals surface area contributed by atoms with E-state index in [9.17, 15) is 0 Å². The highest BCUT2D eigenvalue weighted by Crippen LogP contribution is 2.45. The van der Waals surface area contributed by atoms with E-state index >= 15 is 0 Å². The van der Waals surface area contributed by atoms with E-state index in [0.29, 0.717) is 0 Å². The number of para-hydroxylation sites is 2. The number of aryl methyl sites for hydroxylation is 4. The predicted octanol–water partition coefficient (Wildman–Crippen LogP) is 18.9. The Bertz CT molecular complexity index is 3890. The maximum atomic E-state index is 2.41. The summed E-state index contributed by atoms with van der Waals surface area (Å²) in [5.41, 5.74) is 22.5. The molecule has 70 heavy (non-hydrogen) atoms. The summed E-state index contributed by atoms with van der Waals surface area (Å²) < 4.78 is 4.83. The van der Waals surface area contributed by atoms with Crippen molar-refractivity contribution < 1.29 is 0 Å². The third-order valence-corrected chi connectivity index (χ3v) is 15.1. The van der Waals surface area contributed by atoms with Gasteiger partial charge in [0, 0.05) is 56.7 Å². The molecule has 0 aliphatic rings. The molecule has 334 valence electrons. The third-order valence-electron chi connectivity index (χ3n) is 15.1. The molecule has 2 aromatic heterocycles. The van der Waals surface area contributed by atoms with Crippen LogP contribution in [0.3, 0.4) is 0 Å². The van der Waals surface area contributed by atoms with Crippen LogP contribution in [0.1, 0.15) is 25.0 Å². The lowest BCUT2D eigenvalue weighted by Gasteiger charge is -2.19. The first kappa shape index (κ1) is 41.7. The number of benzene rings is 11. The van der Waals surface area contributed by atoms with E-state index < -0.39 is 0 Å². The highest BCUT2D eigenvalue weighted by Gasteiger charge is 2.19. The van der Waals surface area contributed by atoms with Gasteiger partial charge in [0.15, 0.2) is 0 Å². The Hall–Kier alpha value is -8.46. The molecule has 0 aliphatic heterocycles. The number of hydrogen-bond donors (Lipinski definition) is 0. The van der Waals surface area contributed by atoms with E-state index in [1.54, 1.807) is 0 Å². The topological polar surface area (TPSA) is 9.86 Å². The lowest BCUT2D eigenvalue weighted by atomic mass is 9.84. The Morgan fingerprint density at radius 1 is 0.243 bits per heavy atom. The molecule has 13 rings (SSSR count). The summed E-state index contributed by atoms with van der Waals surface area (Å²) in [6.45, 7) is 10.8. The van der Waals surface area contributed by atoms with E-state index in [2.05, 4.69) is 255 Å². The summed E-state index contributed by atoms with van der Waals surface area (Å²) in [5, 5.41) is 10.3. The second-order valence-corrected chi connectivity index (χ2v) is 19.1. The van der Waals surface area contributed by atoms with Crippen LogP contribution in [0.15, 0.2) is 218 Å². The van der Waals surface area contributed by atoms with Gasteiger partial charge in [0.25, 0.3) is 0 Å². The van der Waals surface area contributed by atoms with Crippen molar-refractivity contribution in [2.24, 2.45) is 0 Å². The first-order chi connectivity index (χ1) is 34.4. The summed E-state index contributed by atoms with van der Waals surface area (Å²) in [5.74, 6) is 0. The quantitative estimate of drug-likeness (QED) is 0.135. The van der Waals surface area contributed by atoms with Crippen molar-refractivity contribution in [3.05, 3.63) is 230 Å². The zero-order valence-electron chi connectivity index (χ0n) is 40.1. The second-order valence-electron chi connectivity index (χ2n) is 19.1. The first-order valence-electron chi connectivity index (χ1n) is 24.8. The Morgan fingerprint density at radius 2 is 0.543 bits per heavy atom. The molecule has 0 N–H and O–H groups in total. The molecule has 0 atom stereocenters. The zero-order chi connectivity index (χ0) is 47.0. The molecule has 11 aromatic carbocycles. The van der Waals surface area contributed by atoms with E-state index in [0.717, 1.165) is 13.1 Å². The minimum Gasteiger partial charge on any atom is -0.341 e. The maximum absolute atomic E-state index is 2.41. The van der Waals surface area contributed by atoms with E-state index in [1.807, 2.05) is 0 Å². The second kappa shape index (κ2) is 16.6. The minimum atomic E-state index is 0.951. The van der Waals surface area contributed by atoms with Crippen LogP contribution in [0.4, 0.5) is 0 Å². The minimum absolute atomic E-state index is 0.951. The van der Waals surface area contributed by atoms with Crippen LogP contribution in [0, 0.1) is 13.8 Å². The summed E-state index contributed by atoms with van der Waals surface area (Å²) in [6.07, 6.45) is 0. The Morgan fingerprint density at radius 3 is 0.900 bits per heavy atom. The molecule has 0 amide bonds. The van der Waals surface area contributed by atoms with Crippen LogP contribution in [-0.2, 0) is 13.1 Å². The van der Waals surface area contributed by atoms with Crippen LogP contribution < -0.4 is 0 Å². The van der Waals surface area contributed by atoms with Crippen LogP contribution >= 0.6 is 0 Å². The molecular weight excluding hydrogens is 845 g/mol. The van der Waals surface area contributed by atoms with E-state index in [1.165, 1.54) is 143 Å². The Labute approximate surface area is 409 Å². The lowest BCUT2D eigenvalue weighted by Crippen LogP contribution is -1.93. The molecule has 0 saturated heterocycles. The van der Waals surface area contributed by atoms with Gasteiger partial charge in [-0.1, -0.05) is 193 Å². The summed E-state index contributed by atoms with van der Waals surface area (Å²) in [4.78, 5) is 0. The van der Waals surface area contributed by atoms with Gasteiger partial charge in [-0.25, -0.2) is 0 Å². The molecular formula is C68H52N2. The lowest BCUT2D eigenvalue weighted by molar-refractivity contribution is 0.827. The van der Waals surface area contributed by atoms with Crippen LogP contribution in [-0.4, -0.2) is 9.13 Å². The fourth-order valence-electron chi connectivity index (χ4n) is 11.6. The predicted molar refractivity (Wildman–Crippen MR) is 301 cm³/mol. The van der Waals surface area contributed by atoms with Gasteiger partial charge in [-0.15, -0.1) is 0 Å². The number of fused-ring (bicyclic) bond motifs is 8. The van der Waals surface area contributed by atoms with Gasteiger partial charge in [0.1, 0.15) is 0 Å². The molecule has 0 bridgehead atoms. The summed E-state index contributed by atoms with van der Waals surface area (Å²) in [6, 6.07) is 81.9. The van der Waals surface area contributed by atoms with Crippen molar-refractivity contribution >= 4 is 65.2 Å². The van der Waals surface area contributed by atoms with Crippen LogP contribution in [0.2, 0.25) is 0 Å². The zero-order valence-corrected chi connectivity index (χ0v) is 40.1. The molecule has 2 heteroatoms. The fraction of sp³-hybridized carbons (Fsp3) is 0.0882. The Kier molecular flexibility index (Phi) is 9.92. The molecule has 2 nitrogen and oxygen atoms in total. The molecule has 0 spiro atoms. The molecule has 0 fully saturated rings. The molecule has 0 radical (unpaired) electrons. The number of nitrogens with zero attached hydrogens (tertiary/aromatic N) is 2. The molecule has 0 aliphatic carbocycles. The van der Waals surface area contributed by atoms with Crippen molar-refractivity contribution in [3.8, 4) is 66.8 Å². The van der Waals surface area contributed by atoms with Crippen LogP contribution in [0.25, 0.3) is 132 Å². The molecule has 13 aromatic rings. The van der Waals surface area contributed by atoms with Gasteiger partial charge in [-0.05, 0) is 152 Å². The average molecular weight is 897 g/mol. The highest BCUT2D eigenvalue weighted by atomic mass is 15.0. The fourth-order valence-corrected chi connectivity index (χ4v) is 11.6. The summed E-state index contributed by atoms with van der Waals surface area (Å²) >= 11 is 0. The van der Waals surface area contributed by atoms with E-state index in [-0.39, 0.29) is 0 Å². The van der Waals surface area contributed by atoms with Crippen molar-refractivity contribution in [1.29, 1.82) is 0 Å². The molecule has 0 saturated carbocycles.